The number of ether oxygens (including phenoxy) is 1. The van der Waals surface area contributed by atoms with Crippen LogP contribution in [0.2, 0.25) is 0 Å². The highest BCUT2D eigenvalue weighted by Crippen LogP contribution is 2.20. The number of rotatable bonds is 7. The monoisotopic (exact) mass is 339 g/mol. The van der Waals surface area contributed by atoms with Crippen molar-refractivity contribution in [2.45, 2.75) is 26.2 Å². The molecule has 3 nitrogen and oxygen atoms in total. The smallest absolute Gasteiger partial charge is 0.222 e. The van der Waals surface area contributed by atoms with Gasteiger partial charge in [0.05, 0.1) is 6.61 Å². The summed E-state index contributed by atoms with van der Waals surface area (Å²) < 4.78 is 5.64. The van der Waals surface area contributed by atoms with Crippen LogP contribution in [0.1, 0.15) is 25.3 Å². The Bertz CT molecular complexity index is 450. The average molecular weight is 340 g/mol. The molecule has 0 bridgehead atoms. The second-order valence-electron chi connectivity index (χ2n) is 5.31. The Balaban J connectivity index is 1.86. The Morgan fingerprint density at radius 1 is 1.45 bits per heavy atom. The summed E-state index contributed by atoms with van der Waals surface area (Å²) in [4.78, 5) is 13.8. The average Bonchev–Trinajstić information content (AvgIpc) is 2.84. The summed E-state index contributed by atoms with van der Waals surface area (Å²) in [5, 5.41) is 0.912. The van der Waals surface area contributed by atoms with Gasteiger partial charge in [-0.15, -0.1) is 0 Å². The summed E-state index contributed by atoms with van der Waals surface area (Å²) in [5.74, 6) is 1.69. The van der Waals surface area contributed by atoms with E-state index in [1.807, 2.05) is 17.0 Å². The molecule has 0 aliphatic carbocycles. The molecule has 1 aromatic rings. The first-order valence-corrected chi connectivity index (χ1v) is 8.40. The number of benzene rings is 1. The molecule has 20 heavy (non-hydrogen) atoms. The molecule has 1 saturated heterocycles. The number of hydrogen-bond donors (Lipinski definition) is 0. The van der Waals surface area contributed by atoms with Crippen molar-refractivity contribution in [2.24, 2.45) is 5.92 Å². The van der Waals surface area contributed by atoms with Crippen molar-refractivity contribution >= 4 is 21.8 Å². The first-order chi connectivity index (χ1) is 9.72. The molecule has 0 spiro atoms. The fraction of sp³-hybridized carbons (Fsp3) is 0.562. The van der Waals surface area contributed by atoms with E-state index in [2.05, 4.69) is 35.0 Å². The zero-order valence-electron chi connectivity index (χ0n) is 12.0. The predicted molar refractivity (Wildman–Crippen MR) is 84.4 cm³/mol. The molecular weight excluding hydrogens is 318 g/mol. The lowest BCUT2D eigenvalue weighted by atomic mass is 10.1. The van der Waals surface area contributed by atoms with E-state index in [9.17, 15) is 4.79 Å². The van der Waals surface area contributed by atoms with Gasteiger partial charge in [-0.3, -0.25) is 4.79 Å². The lowest BCUT2D eigenvalue weighted by Crippen LogP contribution is -2.27. The molecule has 0 aromatic heterocycles. The maximum absolute atomic E-state index is 11.9. The van der Waals surface area contributed by atoms with E-state index >= 15 is 0 Å². The third-order valence-electron chi connectivity index (χ3n) is 3.55. The van der Waals surface area contributed by atoms with Crippen LogP contribution in [-0.4, -0.2) is 35.8 Å². The number of likely N-dealkylation sites (tertiary alicyclic amines) is 1. The van der Waals surface area contributed by atoms with Crippen molar-refractivity contribution in [3.63, 3.8) is 0 Å². The van der Waals surface area contributed by atoms with Gasteiger partial charge in [-0.25, -0.2) is 0 Å². The highest BCUT2D eigenvalue weighted by Gasteiger charge is 2.28. The number of halogens is 1. The Kier molecular flexibility index (Phi) is 5.89. The van der Waals surface area contributed by atoms with Crippen LogP contribution in [0.25, 0.3) is 0 Å². The molecule has 4 heteroatoms. The third-order valence-corrected chi connectivity index (χ3v) is 4.47. The molecule has 110 valence electrons. The van der Waals surface area contributed by atoms with Crippen LogP contribution in [0.3, 0.4) is 0 Å². The molecule has 0 saturated carbocycles. The summed E-state index contributed by atoms with van der Waals surface area (Å²) >= 11 is 3.47. The molecule has 1 aliphatic rings. The number of hydrogen-bond acceptors (Lipinski definition) is 2. The van der Waals surface area contributed by atoms with Gasteiger partial charge in [0, 0.05) is 24.8 Å². The number of nitrogens with zero attached hydrogens (tertiary/aromatic N) is 1. The van der Waals surface area contributed by atoms with Gasteiger partial charge in [-0.1, -0.05) is 35.0 Å². The fourth-order valence-corrected chi connectivity index (χ4v) is 2.88. The molecule has 1 unspecified atom stereocenters. The molecule has 1 fully saturated rings. The second-order valence-corrected chi connectivity index (χ2v) is 5.96. The largest absolute Gasteiger partial charge is 0.494 e. The summed E-state index contributed by atoms with van der Waals surface area (Å²) in [6.07, 6.45) is 2.59. The van der Waals surface area contributed by atoms with E-state index < -0.39 is 0 Å². The predicted octanol–water partition coefficient (Wildman–Crippen LogP) is 3.26. The first kappa shape index (κ1) is 15.4. The van der Waals surface area contributed by atoms with Gasteiger partial charge in [0.25, 0.3) is 0 Å². The number of amides is 1. The molecule has 0 N–H and O–H groups in total. The van der Waals surface area contributed by atoms with Crippen LogP contribution in [0, 0.1) is 5.92 Å². The number of carbonyl (C=O) groups is 1. The number of carbonyl (C=O) groups excluding carboxylic acids is 1. The Hall–Kier alpha value is -1.03. The molecule has 1 atom stereocenters. The summed E-state index contributed by atoms with van der Waals surface area (Å²) in [5.41, 5.74) is 1.23. The standard InChI is InChI=1S/C16H22BrNO2/c1-2-8-20-15-5-3-4-13(9-15)6-7-18-12-14(11-17)10-16(18)19/h3-5,9,14H,2,6-8,10-12H2,1H3. The van der Waals surface area contributed by atoms with E-state index in [1.54, 1.807) is 0 Å². The second kappa shape index (κ2) is 7.67. The molecule has 1 aromatic carbocycles. The van der Waals surface area contributed by atoms with Gasteiger partial charge in [0.2, 0.25) is 5.91 Å². The minimum Gasteiger partial charge on any atom is -0.494 e. The van der Waals surface area contributed by atoms with Gasteiger partial charge in [-0.2, -0.15) is 0 Å². The summed E-state index contributed by atoms with van der Waals surface area (Å²) in [6.45, 7) is 4.54. The van der Waals surface area contributed by atoms with E-state index in [4.69, 9.17) is 4.74 Å². The Labute approximate surface area is 129 Å². The van der Waals surface area contributed by atoms with E-state index in [1.165, 1.54) is 5.56 Å². The van der Waals surface area contributed by atoms with Crippen molar-refractivity contribution in [2.75, 3.05) is 25.0 Å². The molecule has 1 aliphatic heterocycles. The first-order valence-electron chi connectivity index (χ1n) is 7.28. The third kappa shape index (κ3) is 4.23. The van der Waals surface area contributed by atoms with Gasteiger partial charge < -0.3 is 9.64 Å². The normalized spacial score (nSPS) is 18.6. The minimum atomic E-state index is 0.285. The Morgan fingerprint density at radius 2 is 2.30 bits per heavy atom. The van der Waals surface area contributed by atoms with Crippen LogP contribution < -0.4 is 4.74 Å². The van der Waals surface area contributed by atoms with E-state index in [-0.39, 0.29) is 5.91 Å². The van der Waals surface area contributed by atoms with Crippen molar-refractivity contribution < 1.29 is 9.53 Å². The van der Waals surface area contributed by atoms with Gasteiger partial charge >= 0.3 is 0 Å². The lowest BCUT2D eigenvalue weighted by Gasteiger charge is -2.16. The van der Waals surface area contributed by atoms with Gasteiger partial charge in [0.1, 0.15) is 5.75 Å². The van der Waals surface area contributed by atoms with Crippen LogP contribution in [0.5, 0.6) is 5.75 Å². The maximum Gasteiger partial charge on any atom is 0.222 e. The zero-order valence-corrected chi connectivity index (χ0v) is 13.6. The van der Waals surface area contributed by atoms with Crippen molar-refractivity contribution in [3.8, 4) is 5.75 Å². The van der Waals surface area contributed by atoms with Crippen LogP contribution in [0.4, 0.5) is 0 Å². The van der Waals surface area contributed by atoms with Crippen LogP contribution in [-0.2, 0) is 11.2 Å². The van der Waals surface area contributed by atoms with Crippen LogP contribution in [0.15, 0.2) is 24.3 Å². The molecule has 1 heterocycles. The van der Waals surface area contributed by atoms with Gasteiger partial charge in [0.15, 0.2) is 0 Å². The van der Waals surface area contributed by atoms with E-state index in [0.717, 1.165) is 43.6 Å². The highest BCUT2D eigenvalue weighted by atomic mass is 79.9. The number of alkyl halides is 1. The fourth-order valence-electron chi connectivity index (χ4n) is 2.45. The van der Waals surface area contributed by atoms with Crippen molar-refractivity contribution in [1.29, 1.82) is 0 Å². The SMILES string of the molecule is CCCOc1cccc(CCN2CC(CBr)CC2=O)c1. The molecular formula is C16H22BrNO2. The van der Waals surface area contributed by atoms with Gasteiger partial charge in [-0.05, 0) is 36.5 Å². The topological polar surface area (TPSA) is 29.5 Å². The van der Waals surface area contributed by atoms with Crippen LogP contribution >= 0.6 is 15.9 Å². The summed E-state index contributed by atoms with van der Waals surface area (Å²) in [6, 6.07) is 8.19. The summed E-state index contributed by atoms with van der Waals surface area (Å²) in [7, 11) is 0. The van der Waals surface area contributed by atoms with Crippen molar-refractivity contribution in [3.05, 3.63) is 29.8 Å². The molecule has 0 radical (unpaired) electrons. The quantitative estimate of drug-likeness (QED) is 0.713. The van der Waals surface area contributed by atoms with E-state index in [0.29, 0.717) is 12.3 Å². The molecule has 1 amide bonds. The zero-order chi connectivity index (χ0) is 14.4. The minimum absolute atomic E-state index is 0.285. The molecule has 2 rings (SSSR count). The lowest BCUT2D eigenvalue weighted by molar-refractivity contribution is -0.127. The maximum atomic E-state index is 11.9. The Morgan fingerprint density at radius 3 is 3.00 bits per heavy atom. The highest BCUT2D eigenvalue weighted by molar-refractivity contribution is 9.09. The van der Waals surface area contributed by atoms with Crippen molar-refractivity contribution in [1.82, 2.24) is 4.90 Å².